The number of fused-ring (bicyclic) bond motifs is 1. The molecule has 2 heterocycles. The Labute approximate surface area is 191 Å². The maximum Gasteiger partial charge on any atom is 0.344 e. The van der Waals surface area contributed by atoms with Gasteiger partial charge < -0.3 is 20.4 Å². The lowest BCUT2D eigenvalue weighted by Gasteiger charge is -2.40. The van der Waals surface area contributed by atoms with Gasteiger partial charge in [0.05, 0.1) is 0 Å². The monoisotopic (exact) mass is 451 g/mol. The fourth-order valence-corrected chi connectivity index (χ4v) is 6.15. The minimum absolute atomic E-state index is 0.112. The zero-order chi connectivity index (χ0) is 23.1. The smallest absolute Gasteiger partial charge is 0.344 e. The molecule has 3 rings (SSSR count). The number of carboxylic acid groups (broad SMARTS) is 2. The Kier molecular flexibility index (Phi) is 8.94. The van der Waals surface area contributed by atoms with Crippen molar-refractivity contribution in [2.45, 2.75) is 108 Å². The molecule has 4 atom stereocenters. The van der Waals surface area contributed by atoms with Crippen molar-refractivity contribution in [2.75, 3.05) is 13.1 Å². The summed E-state index contributed by atoms with van der Waals surface area (Å²) in [5, 5.41) is 26.5. The minimum atomic E-state index is -1.62. The standard InChI is InChI=1S/C24H41N3O5/c1-2-21(28)27-20-11-7-6-9-18(20)16-24(27,23(31)32)26-19(22(29)30)10-5-3-4-8-17-12-14-25-15-13-17/h17-20,25-26H,2-16H2,1H3,(H,29,30)(H,31,32). The first-order valence-corrected chi connectivity index (χ1v) is 12.7. The van der Waals surface area contributed by atoms with Crippen LogP contribution < -0.4 is 10.6 Å². The molecule has 2 saturated heterocycles. The molecule has 0 aromatic carbocycles. The third-order valence-electron chi connectivity index (χ3n) is 7.87. The van der Waals surface area contributed by atoms with E-state index >= 15 is 0 Å². The lowest BCUT2D eigenvalue weighted by atomic mass is 9.84. The molecule has 3 aliphatic rings. The van der Waals surface area contributed by atoms with Crippen LogP contribution in [-0.4, -0.2) is 63.8 Å². The van der Waals surface area contributed by atoms with Crippen LogP contribution in [0.1, 0.15) is 90.4 Å². The van der Waals surface area contributed by atoms with Crippen molar-refractivity contribution in [2.24, 2.45) is 11.8 Å². The van der Waals surface area contributed by atoms with Crippen LogP contribution in [0, 0.1) is 11.8 Å². The number of nitrogens with one attached hydrogen (secondary N) is 2. The van der Waals surface area contributed by atoms with Gasteiger partial charge >= 0.3 is 11.9 Å². The predicted molar refractivity (Wildman–Crippen MR) is 121 cm³/mol. The number of likely N-dealkylation sites (tertiary alicyclic amines) is 1. The van der Waals surface area contributed by atoms with E-state index in [-0.39, 0.29) is 30.7 Å². The highest BCUT2D eigenvalue weighted by atomic mass is 16.4. The summed E-state index contributed by atoms with van der Waals surface area (Å²) in [6, 6.07) is -1.09. The second-order valence-electron chi connectivity index (χ2n) is 9.97. The largest absolute Gasteiger partial charge is 0.480 e. The molecule has 0 spiro atoms. The molecule has 32 heavy (non-hydrogen) atoms. The van der Waals surface area contributed by atoms with Gasteiger partial charge in [-0.2, -0.15) is 0 Å². The third-order valence-corrected chi connectivity index (χ3v) is 7.87. The molecule has 0 aromatic heterocycles. The van der Waals surface area contributed by atoms with Gasteiger partial charge in [-0.05, 0) is 57.0 Å². The van der Waals surface area contributed by atoms with Crippen molar-refractivity contribution in [1.29, 1.82) is 0 Å². The molecule has 4 unspecified atom stereocenters. The Hall–Kier alpha value is -1.67. The average Bonchev–Trinajstić information content (AvgIpc) is 3.13. The Morgan fingerprint density at radius 3 is 2.44 bits per heavy atom. The van der Waals surface area contributed by atoms with E-state index in [1.54, 1.807) is 6.92 Å². The fraction of sp³-hybridized carbons (Fsp3) is 0.875. The highest BCUT2D eigenvalue weighted by Gasteiger charge is 2.59. The van der Waals surface area contributed by atoms with Crippen LogP contribution in [0.5, 0.6) is 0 Å². The van der Waals surface area contributed by atoms with E-state index < -0.39 is 23.6 Å². The Morgan fingerprint density at radius 1 is 1.06 bits per heavy atom. The van der Waals surface area contributed by atoms with Crippen LogP contribution in [0.25, 0.3) is 0 Å². The lowest BCUT2D eigenvalue weighted by Crippen LogP contribution is -2.67. The van der Waals surface area contributed by atoms with E-state index in [0.29, 0.717) is 6.42 Å². The second-order valence-corrected chi connectivity index (χ2v) is 9.97. The van der Waals surface area contributed by atoms with Crippen LogP contribution in [0.4, 0.5) is 0 Å². The van der Waals surface area contributed by atoms with Gasteiger partial charge in [-0.25, -0.2) is 4.79 Å². The maximum absolute atomic E-state index is 12.9. The van der Waals surface area contributed by atoms with Crippen molar-refractivity contribution < 1.29 is 24.6 Å². The van der Waals surface area contributed by atoms with Gasteiger partial charge in [0.2, 0.25) is 5.91 Å². The first kappa shape index (κ1) is 25.0. The van der Waals surface area contributed by atoms with Crippen LogP contribution >= 0.6 is 0 Å². The maximum atomic E-state index is 12.9. The van der Waals surface area contributed by atoms with Crippen LogP contribution in [-0.2, 0) is 14.4 Å². The number of carbonyl (C=O) groups is 3. The summed E-state index contributed by atoms with van der Waals surface area (Å²) >= 11 is 0. The summed E-state index contributed by atoms with van der Waals surface area (Å²) in [4.78, 5) is 39.0. The first-order chi connectivity index (χ1) is 15.4. The highest BCUT2D eigenvalue weighted by Crippen LogP contribution is 2.45. The normalized spacial score (nSPS) is 29.5. The number of nitrogens with zero attached hydrogens (tertiary/aromatic N) is 1. The SMILES string of the molecule is CCC(=O)N1C2CCCCC2CC1(NC(CCCCCC1CCNCC1)C(=O)O)C(=O)O. The quantitative estimate of drug-likeness (QED) is 0.357. The predicted octanol–water partition coefficient (Wildman–Crippen LogP) is 2.96. The van der Waals surface area contributed by atoms with E-state index in [9.17, 15) is 24.6 Å². The Balaban J connectivity index is 1.63. The number of carbonyl (C=O) groups excluding carboxylic acids is 1. The minimum Gasteiger partial charge on any atom is -0.480 e. The van der Waals surface area contributed by atoms with Gasteiger partial charge in [0.15, 0.2) is 5.66 Å². The van der Waals surface area contributed by atoms with Gasteiger partial charge in [-0.15, -0.1) is 0 Å². The third kappa shape index (κ3) is 5.63. The Morgan fingerprint density at radius 2 is 1.78 bits per heavy atom. The molecule has 1 aliphatic carbocycles. The molecule has 0 bridgehead atoms. The van der Waals surface area contributed by atoms with Crippen molar-refractivity contribution in [3.05, 3.63) is 0 Å². The summed E-state index contributed by atoms with van der Waals surface area (Å²) in [6.07, 6.45) is 10.9. The van der Waals surface area contributed by atoms with E-state index in [2.05, 4.69) is 10.6 Å². The first-order valence-electron chi connectivity index (χ1n) is 12.7. The molecule has 182 valence electrons. The Bertz CT molecular complexity index is 666. The van der Waals surface area contributed by atoms with Gasteiger partial charge in [0.25, 0.3) is 0 Å². The molecule has 0 aromatic rings. The molecule has 1 amide bonds. The topological polar surface area (TPSA) is 119 Å². The summed E-state index contributed by atoms with van der Waals surface area (Å²) in [5.41, 5.74) is -1.62. The van der Waals surface area contributed by atoms with Gasteiger partial charge in [0, 0.05) is 18.9 Å². The number of aliphatic carboxylic acids is 2. The number of carboxylic acids is 2. The van der Waals surface area contributed by atoms with E-state index in [0.717, 1.165) is 64.0 Å². The van der Waals surface area contributed by atoms with Crippen molar-refractivity contribution in [3.8, 4) is 0 Å². The van der Waals surface area contributed by atoms with Crippen LogP contribution in [0.3, 0.4) is 0 Å². The lowest BCUT2D eigenvalue weighted by molar-refractivity contribution is -0.163. The summed E-state index contributed by atoms with van der Waals surface area (Å²) in [5.74, 6) is -1.51. The van der Waals surface area contributed by atoms with E-state index in [1.165, 1.54) is 24.2 Å². The molecule has 8 heteroatoms. The average molecular weight is 452 g/mol. The molecule has 0 radical (unpaired) electrons. The second kappa shape index (κ2) is 11.5. The molecular formula is C24H41N3O5. The number of piperidine rings is 1. The summed E-state index contributed by atoms with van der Waals surface area (Å²) in [6.45, 7) is 3.91. The van der Waals surface area contributed by atoms with Crippen molar-refractivity contribution >= 4 is 17.8 Å². The van der Waals surface area contributed by atoms with E-state index in [1.807, 2.05) is 0 Å². The van der Waals surface area contributed by atoms with Gasteiger partial charge in [0.1, 0.15) is 6.04 Å². The zero-order valence-electron chi connectivity index (χ0n) is 19.5. The fourth-order valence-electron chi connectivity index (χ4n) is 6.15. The van der Waals surface area contributed by atoms with Gasteiger partial charge in [-0.3, -0.25) is 14.9 Å². The van der Waals surface area contributed by atoms with Gasteiger partial charge in [-0.1, -0.05) is 45.4 Å². The molecule has 8 nitrogen and oxygen atoms in total. The van der Waals surface area contributed by atoms with Crippen molar-refractivity contribution in [3.63, 3.8) is 0 Å². The number of hydrogen-bond donors (Lipinski definition) is 4. The molecule has 4 N–H and O–H groups in total. The molecular weight excluding hydrogens is 410 g/mol. The number of hydrogen-bond acceptors (Lipinski definition) is 5. The van der Waals surface area contributed by atoms with Crippen LogP contribution in [0.15, 0.2) is 0 Å². The van der Waals surface area contributed by atoms with Crippen LogP contribution in [0.2, 0.25) is 0 Å². The van der Waals surface area contributed by atoms with E-state index in [4.69, 9.17) is 0 Å². The zero-order valence-corrected chi connectivity index (χ0v) is 19.5. The summed E-state index contributed by atoms with van der Waals surface area (Å²) < 4.78 is 0. The number of amides is 1. The van der Waals surface area contributed by atoms with Crippen molar-refractivity contribution in [1.82, 2.24) is 15.5 Å². The molecule has 2 aliphatic heterocycles. The highest BCUT2D eigenvalue weighted by molar-refractivity contribution is 5.88. The number of rotatable bonds is 11. The molecule has 3 fully saturated rings. The summed E-state index contributed by atoms with van der Waals surface area (Å²) in [7, 11) is 0. The number of unbranched alkanes of at least 4 members (excludes halogenated alkanes) is 2. The molecule has 1 saturated carbocycles.